The molecule has 6 nitrogen and oxygen atoms in total. The van der Waals surface area contributed by atoms with E-state index in [-0.39, 0.29) is 48.6 Å². The van der Waals surface area contributed by atoms with E-state index in [1.54, 1.807) is 18.2 Å². The SMILES string of the molecule is CCC(=O)NC1=C(Cc2cccc(F)c2)c2cc(CO)ccc2CC1.CCC(=O)N[C@H]1CCc2ccc(CO)cc2[C@H]1Cc1cccc(F)c1. The van der Waals surface area contributed by atoms with Crippen molar-refractivity contribution < 1.29 is 28.6 Å². The van der Waals surface area contributed by atoms with E-state index in [9.17, 15) is 28.6 Å². The molecule has 2 aliphatic carbocycles. The Labute approximate surface area is 293 Å². The van der Waals surface area contributed by atoms with E-state index < -0.39 is 0 Å². The van der Waals surface area contributed by atoms with Crippen molar-refractivity contribution >= 4 is 17.4 Å². The number of carbonyl (C=O) groups excluding carboxylic acids is 2. The molecule has 0 saturated carbocycles. The molecule has 4 aromatic carbocycles. The Morgan fingerprint density at radius 2 is 1.36 bits per heavy atom. The van der Waals surface area contributed by atoms with Crippen LogP contribution >= 0.6 is 0 Å². The first-order valence-corrected chi connectivity index (χ1v) is 17.5. The van der Waals surface area contributed by atoms with Crippen LogP contribution in [0.2, 0.25) is 0 Å². The van der Waals surface area contributed by atoms with Gasteiger partial charge in [0.25, 0.3) is 0 Å². The highest BCUT2D eigenvalue weighted by molar-refractivity contribution is 5.83. The Morgan fingerprint density at radius 3 is 2.02 bits per heavy atom. The Balaban J connectivity index is 0.000000194. The van der Waals surface area contributed by atoms with Crippen molar-refractivity contribution in [1.29, 1.82) is 0 Å². The van der Waals surface area contributed by atoms with Gasteiger partial charge >= 0.3 is 0 Å². The maximum atomic E-state index is 13.6. The highest BCUT2D eigenvalue weighted by atomic mass is 19.1. The predicted octanol–water partition coefficient (Wildman–Crippen LogP) is 7.23. The minimum Gasteiger partial charge on any atom is -0.392 e. The summed E-state index contributed by atoms with van der Waals surface area (Å²) in [5, 5.41) is 25.1. The van der Waals surface area contributed by atoms with Crippen LogP contribution in [0, 0.1) is 11.6 Å². The first-order valence-electron chi connectivity index (χ1n) is 17.5. The fourth-order valence-corrected chi connectivity index (χ4v) is 6.94. The zero-order valence-electron chi connectivity index (χ0n) is 28.8. The van der Waals surface area contributed by atoms with Gasteiger partial charge in [-0.1, -0.05) is 68.4 Å². The van der Waals surface area contributed by atoms with Crippen LogP contribution in [0.4, 0.5) is 8.78 Å². The molecule has 50 heavy (non-hydrogen) atoms. The molecule has 0 unspecified atom stereocenters. The highest BCUT2D eigenvalue weighted by Crippen LogP contribution is 2.36. The molecule has 4 aromatic rings. The van der Waals surface area contributed by atoms with Crippen LogP contribution in [-0.4, -0.2) is 28.1 Å². The molecule has 0 aliphatic heterocycles. The molecule has 0 heterocycles. The summed E-state index contributed by atoms with van der Waals surface area (Å²) in [6.45, 7) is 3.63. The molecule has 4 N–H and O–H groups in total. The van der Waals surface area contributed by atoms with Crippen molar-refractivity contribution in [2.75, 3.05) is 0 Å². The van der Waals surface area contributed by atoms with Gasteiger partial charge < -0.3 is 20.8 Å². The van der Waals surface area contributed by atoms with Gasteiger partial charge in [0.05, 0.1) is 13.2 Å². The number of hydrogen-bond donors (Lipinski definition) is 4. The van der Waals surface area contributed by atoms with E-state index in [4.69, 9.17) is 0 Å². The van der Waals surface area contributed by atoms with Crippen molar-refractivity contribution in [3.8, 4) is 0 Å². The fraction of sp³-hybridized carbons (Fsp3) is 0.333. The van der Waals surface area contributed by atoms with Gasteiger partial charge in [-0.15, -0.1) is 0 Å². The minimum atomic E-state index is -0.266. The number of aliphatic hydroxyl groups excluding tert-OH is 2. The molecule has 2 amide bonds. The number of halogens is 2. The summed E-state index contributed by atoms with van der Waals surface area (Å²) in [5.74, 6) is -0.416. The number of benzene rings is 4. The smallest absolute Gasteiger partial charge is 0.223 e. The number of fused-ring (bicyclic) bond motifs is 2. The average molecular weight is 681 g/mol. The predicted molar refractivity (Wildman–Crippen MR) is 192 cm³/mol. The van der Waals surface area contributed by atoms with E-state index >= 15 is 0 Å². The van der Waals surface area contributed by atoms with E-state index in [2.05, 4.69) is 16.7 Å². The normalized spacial score (nSPS) is 16.4. The van der Waals surface area contributed by atoms with E-state index in [1.807, 2.05) is 56.3 Å². The summed E-state index contributed by atoms with van der Waals surface area (Å²) in [4.78, 5) is 23.9. The molecule has 0 spiro atoms. The molecule has 6 rings (SSSR count). The van der Waals surface area contributed by atoms with Gasteiger partial charge in [0.2, 0.25) is 11.8 Å². The lowest BCUT2D eigenvalue weighted by atomic mass is 9.75. The maximum Gasteiger partial charge on any atom is 0.223 e. The number of amides is 2. The largest absolute Gasteiger partial charge is 0.392 e. The Morgan fingerprint density at radius 1 is 0.720 bits per heavy atom. The van der Waals surface area contributed by atoms with Gasteiger partial charge in [-0.3, -0.25) is 9.59 Å². The number of allylic oxidation sites excluding steroid dienone is 2. The van der Waals surface area contributed by atoms with E-state index in [0.29, 0.717) is 25.7 Å². The molecule has 0 radical (unpaired) electrons. The zero-order valence-corrected chi connectivity index (χ0v) is 28.8. The van der Waals surface area contributed by atoms with Crippen LogP contribution in [0.5, 0.6) is 0 Å². The van der Waals surface area contributed by atoms with E-state index in [1.165, 1.54) is 29.3 Å². The van der Waals surface area contributed by atoms with E-state index in [0.717, 1.165) is 70.3 Å². The molecule has 0 fully saturated rings. The second kappa shape index (κ2) is 17.3. The second-order valence-corrected chi connectivity index (χ2v) is 13.0. The maximum absolute atomic E-state index is 13.6. The lowest BCUT2D eigenvalue weighted by Gasteiger charge is -2.35. The Bertz CT molecular complexity index is 1850. The van der Waals surface area contributed by atoms with Crippen molar-refractivity contribution in [3.63, 3.8) is 0 Å². The topological polar surface area (TPSA) is 98.7 Å². The van der Waals surface area contributed by atoms with Gasteiger partial charge in [-0.25, -0.2) is 8.78 Å². The molecule has 0 bridgehead atoms. The number of rotatable bonds is 10. The van der Waals surface area contributed by atoms with Crippen LogP contribution in [0.25, 0.3) is 5.57 Å². The average Bonchev–Trinajstić information content (AvgIpc) is 3.13. The minimum absolute atomic E-state index is 0.00799. The zero-order chi connectivity index (χ0) is 35.6. The quantitative estimate of drug-likeness (QED) is 0.142. The lowest BCUT2D eigenvalue weighted by Crippen LogP contribution is -2.42. The van der Waals surface area contributed by atoms with Crippen LogP contribution in [0.15, 0.2) is 90.6 Å². The van der Waals surface area contributed by atoms with Crippen LogP contribution in [-0.2, 0) is 48.5 Å². The number of aliphatic hydroxyl groups is 2. The van der Waals surface area contributed by atoms with Crippen LogP contribution < -0.4 is 10.6 Å². The molecule has 2 aliphatic rings. The van der Waals surface area contributed by atoms with Crippen LogP contribution in [0.1, 0.15) is 90.0 Å². The third-order valence-electron chi connectivity index (χ3n) is 9.59. The fourth-order valence-electron chi connectivity index (χ4n) is 6.94. The molecular formula is C42H46F2N2O4. The van der Waals surface area contributed by atoms with Gasteiger partial charge in [-0.05, 0) is 119 Å². The molecular weight excluding hydrogens is 634 g/mol. The molecule has 2 atom stereocenters. The van der Waals surface area contributed by atoms with Gasteiger partial charge in [-0.2, -0.15) is 0 Å². The summed E-state index contributed by atoms with van der Waals surface area (Å²) in [6, 6.07) is 25.2. The monoisotopic (exact) mass is 680 g/mol. The van der Waals surface area contributed by atoms with Crippen LogP contribution in [0.3, 0.4) is 0 Å². The highest BCUT2D eigenvalue weighted by Gasteiger charge is 2.31. The third-order valence-corrected chi connectivity index (χ3v) is 9.59. The van der Waals surface area contributed by atoms with Gasteiger partial charge in [0.15, 0.2) is 0 Å². The van der Waals surface area contributed by atoms with Crippen molar-refractivity contribution in [1.82, 2.24) is 10.6 Å². The Kier molecular flexibility index (Phi) is 12.7. The Hall–Kier alpha value is -4.66. The molecule has 262 valence electrons. The summed E-state index contributed by atoms with van der Waals surface area (Å²) in [5.41, 5.74) is 10.0. The third kappa shape index (κ3) is 9.31. The molecule has 0 aromatic heterocycles. The first kappa shape index (κ1) is 36.6. The van der Waals surface area contributed by atoms with Crippen molar-refractivity contribution in [2.45, 2.75) is 90.4 Å². The second-order valence-electron chi connectivity index (χ2n) is 13.0. The van der Waals surface area contributed by atoms with Crippen molar-refractivity contribution in [3.05, 3.63) is 147 Å². The standard InChI is InChI=1S/C21H24FNO2.C21H22FNO2/c2*1-2-21(25)23-20-9-8-16-7-6-15(13-24)12-18(16)19(20)11-14-4-3-5-17(22)10-14/h3-7,10,12,19-20,24H,2,8-9,11,13H2,1H3,(H,23,25);3-7,10,12,24H,2,8-9,11,13H2,1H3,(H,23,25)/t19-,20+;/m1./s1. The number of nitrogens with one attached hydrogen (secondary N) is 2. The summed E-state index contributed by atoms with van der Waals surface area (Å²) in [7, 11) is 0. The summed E-state index contributed by atoms with van der Waals surface area (Å²) in [6.07, 6.45) is 5.43. The van der Waals surface area contributed by atoms with Crippen molar-refractivity contribution in [2.24, 2.45) is 0 Å². The van der Waals surface area contributed by atoms with Gasteiger partial charge in [0.1, 0.15) is 11.6 Å². The summed E-state index contributed by atoms with van der Waals surface area (Å²) >= 11 is 0. The first-order chi connectivity index (χ1) is 24.2. The lowest BCUT2D eigenvalue weighted by molar-refractivity contribution is -0.122. The molecule has 0 saturated heterocycles. The number of hydrogen-bond acceptors (Lipinski definition) is 4. The van der Waals surface area contributed by atoms with Gasteiger partial charge in [0, 0.05) is 30.5 Å². The molecule has 8 heteroatoms. The summed E-state index contributed by atoms with van der Waals surface area (Å²) < 4.78 is 27.2. The number of carbonyl (C=O) groups is 2. The number of aryl methyl sites for hydroxylation is 2.